The standard InChI is InChI=1S/C10H12N2O2/c1-14-9-4-8(11)7(5-13)10(12-9)6-2-3-6/h4-6H,2-3H2,1H3,(H2,11,12). The molecule has 0 atom stereocenters. The van der Waals surface area contributed by atoms with Gasteiger partial charge in [0.15, 0.2) is 6.29 Å². The number of aldehydes is 1. The molecule has 0 aliphatic heterocycles. The molecule has 0 amide bonds. The highest BCUT2D eigenvalue weighted by atomic mass is 16.5. The summed E-state index contributed by atoms with van der Waals surface area (Å²) < 4.78 is 5.01. The highest BCUT2D eigenvalue weighted by molar-refractivity contribution is 5.85. The second kappa shape index (κ2) is 3.29. The van der Waals surface area contributed by atoms with Crippen LogP contribution in [-0.2, 0) is 0 Å². The van der Waals surface area contributed by atoms with Gasteiger partial charge in [0, 0.05) is 17.7 Å². The zero-order valence-electron chi connectivity index (χ0n) is 7.99. The van der Waals surface area contributed by atoms with Gasteiger partial charge in [0.2, 0.25) is 5.88 Å². The second-order valence-electron chi connectivity index (χ2n) is 3.44. The van der Waals surface area contributed by atoms with E-state index in [1.165, 1.54) is 0 Å². The Hall–Kier alpha value is -1.58. The van der Waals surface area contributed by atoms with Crippen LogP contribution < -0.4 is 10.5 Å². The molecule has 0 aromatic carbocycles. The van der Waals surface area contributed by atoms with Crippen LogP contribution in [0.2, 0.25) is 0 Å². The Kier molecular flexibility index (Phi) is 2.11. The Bertz CT molecular complexity index is 373. The number of nitrogens with zero attached hydrogens (tertiary/aromatic N) is 1. The van der Waals surface area contributed by atoms with Gasteiger partial charge in [-0.2, -0.15) is 0 Å². The number of pyridine rings is 1. The lowest BCUT2D eigenvalue weighted by Gasteiger charge is -2.07. The number of ether oxygens (including phenoxy) is 1. The topological polar surface area (TPSA) is 65.2 Å². The van der Waals surface area contributed by atoms with Crippen molar-refractivity contribution in [2.45, 2.75) is 18.8 Å². The van der Waals surface area contributed by atoms with Crippen molar-refractivity contribution in [2.75, 3.05) is 12.8 Å². The van der Waals surface area contributed by atoms with Gasteiger partial charge in [-0.1, -0.05) is 0 Å². The smallest absolute Gasteiger partial charge is 0.215 e. The number of carbonyl (C=O) groups excluding carboxylic acids is 1. The Morgan fingerprint density at radius 2 is 2.36 bits per heavy atom. The van der Waals surface area contributed by atoms with Crippen molar-refractivity contribution >= 4 is 12.0 Å². The van der Waals surface area contributed by atoms with Gasteiger partial charge in [0.05, 0.1) is 18.4 Å². The lowest BCUT2D eigenvalue weighted by molar-refractivity contribution is 0.112. The van der Waals surface area contributed by atoms with Gasteiger partial charge >= 0.3 is 0 Å². The highest BCUT2D eigenvalue weighted by Crippen LogP contribution is 2.42. The third kappa shape index (κ3) is 1.43. The van der Waals surface area contributed by atoms with Crippen molar-refractivity contribution in [1.29, 1.82) is 0 Å². The molecule has 0 radical (unpaired) electrons. The van der Waals surface area contributed by atoms with Crippen LogP contribution in [0.25, 0.3) is 0 Å². The Morgan fingerprint density at radius 1 is 1.64 bits per heavy atom. The number of nitrogen functional groups attached to an aromatic ring is 1. The lowest BCUT2D eigenvalue weighted by Crippen LogP contribution is -2.03. The Labute approximate surface area is 82.1 Å². The van der Waals surface area contributed by atoms with Gasteiger partial charge in [-0.05, 0) is 12.8 Å². The van der Waals surface area contributed by atoms with Crippen LogP contribution in [0, 0.1) is 0 Å². The van der Waals surface area contributed by atoms with Gasteiger partial charge < -0.3 is 10.5 Å². The molecule has 2 N–H and O–H groups in total. The van der Waals surface area contributed by atoms with E-state index >= 15 is 0 Å². The summed E-state index contributed by atoms with van der Waals surface area (Å²) in [5.41, 5.74) is 7.49. The van der Waals surface area contributed by atoms with Crippen molar-refractivity contribution < 1.29 is 9.53 Å². The van der Waals surface area contributed by atoms with Crippen LogP contribution in [0.15, 0.2) is 6.07 Å². The van der Waals surface area contributed by atoms with Crippen molar-refractivity contribution in [3.05, 3.63) is 17.3 Å². The monoisotopic (exact) mass is 192 g/mol. The molecule has 1 aromatic rings. The number of methoxy groups -OCH3 is 1. The van der Waals surface area contributed by atoms with E-state index in [0.29, 0.717) is 23.0 Å². The predicted octanol–water partition coefficient (Wildman–Crippen LogP) is 1.36. The first-order chi connectivity index (χ1) is 6.76. The zero-order chi connectivity index (χ0) is 10.1. The maximum absolute atomic E-state index is 10.8. The fourth-order valence-corrected chi connectivity index (χ4v) is 1.47. The summed E-state index contributed by atoms with van der Waals surface area (Å²) >= 11 is 0. The van der Waals surface area contributed by atoms with E-state index in [-0.39, 0.29) is 0 Å². The summed E-state index contributed by atoms with van der Waals surface area (Å²) in [6, 6.07) is 1.58. The molecule has 0 spiro atoms. The van der Waals surface area contributed by atoms with Crippen LogP contribution >= 0.6 is 0 Å². The van der Waals surface area contributed by atoms with E-state index in [1.807, 2.05) is 0 Å². The molecule has 4 nitrogen and oxygen atoms in total. The van der Waals surface area contributed by atoms with Crippen LogP contribution in [0.4, 0.5) is 5.69 Å². The summed E-state index contributed by atoms with van der Waals surface area (Å²) in [7, 11) is 1.54. The number of aromatic nitrogens is 1. The average molecular weight is 192 g/mol. The molecular weight excluding hydrogens is 180 g/mol. The SMILES string of the molecule is COc1cc(N)c(C=O)c(C2CC2)n1. The number of nitrogens with two attached hydrogens (primary N) is 1. The van der Waals surface area contributed by atoms with Gasteiger partial charge in [0.1, 0.15) is 0 Å². The fourth-order valence-electron chi connectivity index (χ4n) is 1.47. The quantitative estimate of drug-likeness (QED) is 0.734. The van der Waals surface area contributed by atoms with Gasteiger partial charge in [-0.3, -0.25) is 4.79 Å². The summed E-state index contributed by atoms with van der Waals surface area (Å²) in [5.74, 6) is 0.877. The molecule has 0 saturated heterocycles. The molecule has 1 aliphatic carbocycles. The van der Waals surface area contributed by atoms with Crippen LogP contribution in [0.3, 0.4) is 0 Å². The average Bonchev–Trinajstić information content (AvgIpc) is 2.99. The molecule has 1 aromatic heterocycles. The van der Waals surface area contributed by atoms with Crippen LogP contribution in [0.1, 0.15) is 34.8 Å². The van der Waals surface area contributed by atoms with Crippen molar-refractivity contribution in [3.63, 3.8) is 0 Å². The summed E-state index contributed by atoms with van der Waals surface area (Å²) in [6.07, 6.45) is 2.94. The summed E-state index contributed by atoms with van der Waals surface area (Å²) in [6.45, 7) is 0. The molecule has 74 valence electrons. The van der Waals surface area contributed by atoms with Crippen LogP contribution in [0.5, 0.6) is 5.88 Å². The molecule has 14 heavy (non-hydrogen) atoms. The van der Waals surface area contributed by atoms with Crippen LogP contribution in [-0.4, -0.2) is 18.4 Å². The van der Waals surface area contributed by atoms with E-state index in [0.717, 1.165) is 24.8 Å². The normalized spacial score (nSPS) is 15.2. The first-order valence-corrected chi connectivity index (χ1v) is 4.56. The molecule has 1 fully saturated rings. The Morgan fingerprint density at radius 3 is 2.86 bits per heavy atom. The number of carbonyl (C=O) groups is 1. The number of rotatable bonds is 3. The highest BCUT2D eigenvalue weighted by Gasteiger charge is 2.29. The Balaban J connectivity index is 2.52. The molecule has 1 aliphatic rings. The maximum Gasteiger partial charge on any atom is 0.215 e. The molecule has 0 unspecified atom stereocenters. The fraction of sp³-hybridized carbons (Fsp3) is 0.400. The largest absolute Gasteiger partial charge is 0.481 e. The third-order valence-corrected chi connectivity index (χ3v) is 2.39. The van der Waals surface area contributed by atoms with E-state index in [1.54, 1.807) is 13.2 Å². The van der Waals surface area contributed by atoms with E-state index in [2.05, 4.69) is 4.98 Å². The first-order valence-electron chi connectivity index (χ1n) is 4.56. The van der Waals surface area contributed by atoms with E-state index < -0.39 is 0 Å². The van der Waals surface area contributed by atoms with Crippen molar-refractivity contribution in [2.24, 2.45) is 0 Å². The molecule has 1 saturated carbocycles. The molecule has 1 heterocycles. The molecule has 4 heteroatoms. The lowest BCUT2D eigenvalue weighted by atomic mass is 10.1. The van der Waals surface area contributed by atoms with Crippen molar-refractivity contribution in [3.8, 4) is 5.88 Å². The van der Waals surface area contributed by atoms with E-state index in [4.69, 9.17) is 10.5 Å². The first kappa shape index (κ1) is 8.99. The van der Waals surface area contributed by atoms with Gasteiger partial charge in [-0.15, -0.1) is 0 Å². The summed E-state index contributed by atoms with van der Waals surface area (Å²) in [4.78, 5) is 15.1. The number of anilines is 1. The van der Waals surface area contributed by atoms with Gasteiger partial charge in [-0.25, -0.2) is 4.98 Å². The van der Waals surface area contributed by atoms with Gasteiger partial charge in [0.25, 0.3) is 0 Å². The zero-order valence-corrected chi connectivity index (χ0v) is 7.99. The molecular formula is C10H12N2O2. The minimum atomic E-state index is 0.396. The summed E-state index contributed by atoms with van der Waals surface area (Å²) in [5, 5.41) is 0. The molecule has 2 rings (SSSR count). The number of hydrogen-bond donors (Lipinski definition) is 1. The third-order valence-electron chi connectivity index (χ3n) is 2.39. The second-order valence-corrected chi connectivity index (χ2v) is 3.44. The molecule has 0 bridgehead atoms. The maximum atomic E-state index is 10.8. The predicted molar refractivity (Wildman–Crippen MR) is 52.6 cm³/mol. The number of hydrogen-bond acceptors (Lipinski definition) is 4. The minimum absolute atomic E-state index is 0.396. The minimum Gasteiger partial charge on any atom is -0.481 e. The van der Waals surface area contributed by atoms with E-state index in [9.17, 15) is 4.79 Å². The van der Waals surface area contributed by atoms with Crippen molar-refractivity contribution in [1.82, 2.24) is 4.98 Å².